The summed E-state index contributed by atoms with van der Waals surface area (Å²) < 4.78 is 15.2. The Balaban J connectivity index is 1.63. The van der Waals surface area contributed by atoms with Crippen molar-refractivity contribution in [2.24, 2.45) is 7.05 Å². The molecule has 0 aliphatic heterocycles. The Kier molecular flexibility index (Phi) is 4.69. The summed E-state index contributed by atoms with van der Waals surface area (Å²) in [6.07, 6.45) is 3.75. The molecule has 0 spiro atoms. The molecule has 0 aliphatic rings. The van der Waals surface area contributed by atoms with Crippen molar-refractivity contribution in [1.82, 2.24) is 19.9 Å². The minimum absolute atomic E-state index is 0.120. The van der Waals surface area contributed by atoms with E-state index < -0.39 is 6.04 Å². The van der Waals surface area contributed by atoms with Crippen molar-refractivity contribution in [1.29, 1.82) is 0 Å². The van der Waals surface area contributed by atoms with Gasteiger partial charge in [0, 0.05) is 36.0 Å². The van der Waals surface area contributed by atoms with E-state index in [1.54, 1.807) is 18.3 Å². The number of aromatic nitrogens is 3. The summed E-state index contributed by atoms with van der Waals surface area (Å²) in [5, 5.41) is 4.11. The molecule has 142 valence electrons. The maximum atomic E-state index is 13.4. The zero-order chi connectivity index (χ0) is 19.7. The van der Waals surface area contributed by atoms with Crippen LogP contribution in [0, 0.1) is 12.7 Å². The number of fused-ring (bicyclic) bond motifs is 1. The third kappa shape index (κ3) is 3.41. The molecule has 2 aromatic heterocycles. The number of halogens is 1. The second-order valence-electron chi connectivity index (χ2n) is 6.90. The summed E-state index contributed by atoms with van der Waals surface area (Å²) in [5.74, 6) is 0.254. The van der Waals surface area contributed by atoms with E-state index in [4.69, 9.17) is 0 Å². The monoisotopic (exact) mass is 376 g/mol. The van der Waals surface area contributed by atoms with Crippen molar-refractivity contribution in [3.05, 3.63) is 89.4 Å². The van der Waals surface area contributed by atoms with E-state index in [0.29, 0.717) is 5.82 Å². The first-order valence-corrected chi connectivity index (χ1v) is 9.11. The van der Waals surface area contributed by atoms with Gasteiger partial charge in [-0.2, -0.15) is 0 Å². The average molecular weight is 376 g/mol. The maximum absolute atomic E-state index is 13.4. The molecule has 2 aromatic carbocycles. The normalized spacial score (nSPS) is 12.2. The molecular weight excluding hydrogens is 355 g/mol. The van der Waals surface area contributed by atoms with Gasteiger partial charge in [0.25, 0.3) is 0 Å². The molecule has 0 saturated heterocycles. The number of nitrogens with one attached hydrogen (secondary N) is 2. The molecular formula is C22H21FN4O. The van der Waals surface area contributed by atoms with Crippen LogP contribution in [0.1, 0.15) is 28.7 Å². The van der Waals surface area contributed by atoms with Crippen molar-refractivity contribution in [3.63, 3.8) is 0 Å². The first-order chi connectivity index (χ1) is 13.5. The Bertz CT molecular complexity index is 1130. The number of benzene rings is 2. The van der Waals surface area contributed by atoms with Crippen molar-refractivity contribution < 1.29 is 9.18 Å². The van der Waals surface area contributed by atoms with Gasteiger partial charge in [0.1, 0.15) is 17.7 Å². The standard InChI is InChI=1S/C22H21FN4O/c1-14-18(17-5-3-4-6-19(17)25-14)13-20(28)26-21(22-24-11-12-27(22)2)15-7-9-16(23)10-8-15/h3-12,21,25H,13H2,1-2H3,(H,26,28). The lowest BCUT2D eigenvalue weighted by Crippen LogP contribution is -2.32. The molecule has 1 atom stereocenters. The topological polar surface area (TPSA) is 62.7 Å². The van der Waals surface area contributed by atoms with Gasteiger partial charge in [0.2, 0.25) is 5.91 Å². The lowest BCUT2D eigenvalue weighted by atomic mass is 10.0. The molecule has 5 nitrogen and oxygen atoms in total. The van der Waals surface area contributed by atoms with Gasteiger partial charge in [-0.1, -0.05) is 30.3 Å². The highest BCUT2D eigenvalue weighted by atomic mass is 19.1. The fourth-order valence-electron chi connectivity index (χ4n) is 3.54. The zero-order valence-electron chi connectivity index (χ0n) is 15.7. The summed E-state index contributed by atoms with van der Waals surface area (Å²) in [7, 11) is 1.87. The largest absolute Gasteiger partial charge is 0.358 e. The van der Waals surface area contributed by atoms with Gasteiger partial charge in [0.05, 0.1) is 6.42 Å². The highest BCUT2D eigenvalue weighted by molar-refractivity contribution is 5.90. The molecule has 28 heavy (non-hydrogen) atoms. The average Bonchev–Trinajstić information content (AvgIpc) is 3.24. The Labute approximate surface area is 162 Å². The minimum atomic E-state index is -0.460. The SMILES string of the molecule is Cc1[nH]c2ccccc2c1CC(=O)NC(c1ccc(F)cc1)c1nccn1C. The Morgan fingerprint density at radius 2 is 1.96 bits per heavy atom. The second kappa shape index (κ2) is 7.31. The Morgan fingerprint density at radius 1 is 1.21 bits per heavy atom. The number of para-hydroxylation sites is 1. The highest BCUT2D eigenvalue weighted by Crippen LogP contribution is 2.24. The van der Waals surface area contributed by atoms with Crippen LogP contribution in [-0.2, 0) is 18.3 Å². The molecule has 0 radical (unpaired) electrons. The van der Waals surface area contributed by atoms with E-state index in [-0.39, 0.29) is 18.1 Å². The lowest BCUT2D eigenvalue weighted by Gasteiger charge is -2.19. The van der Waals surface area contributed by atoms with Gasteiger partial charge in [-0.15, -0.1) is 0 Å². The fraction of sp³-hybridized carbons (Fsp3) is 0.182. The van der Waals surface area contributed by atoms with Crippen molar-refractivity contribution in [2.75, 3.05) is 0 Å². The molecule has 2 N–H and O–H groups in total. The molecule has 1 unspecified atom stereocenters. The molecule has 6 heteroatoms. The summed E-state index contributed by atoms with van der Waals surface area (Å²) in [4.78, 5) is 20.6. The quantitative estimate of drug-likeness (QED) is 0.557. The van der Waals surface area contributed by atoms with Crippen LogP contribution < -0.4 is 5.32 Å². The predicted molar refractivity (Wildman–Crippen MR) is 106 cm³/mol. The smallest absolute Gasteiger partial charge is 0.225 e. The molecule has 0 bridgehead atoms. The van der Waals surface area contributed by atoms with E-state index in [2.05, 4.69) is 15.3 Å². The molecule has 1 amide bonds. The Morgan fingerprint density at radius 3 is 2.68 bits per heavy atom. The highest BCUT2D eigenvalue weighted by Gasteiger charge is 2.22. The van der Waals surface area contributed by atoms with Crippen LogP contribution in [-0.4, -0.2) is 20.4 Å². The second-order valence-corrected chi connectivity index (χ2v) is 6.90. The minimum Gasteiger partial charge on any atom is -0.358 e. The molecule has 4 aromatic rings. The third-order valence-electron chi connectivity index (χ3n) is 4.99. The summed E-state index contributed by atoms with van der Waals surface area (Å²) in [6, 6.07) is 13.6. The summed E-state index contributed by atoms with van der Waals surface area (Å²) in [6.45, 7) is 1.97. The number of hydrogen-bond acceptors (Lipinski definition) is 2. The van der Waals surface area contributed by atoms with Crippen molar-refractivity contribution >= 4 is 16.8 Å². The molecule has 0 saturated carbocycles. The fourth-order valence-corrected chi connectivity index (χ4v) is 3.54. The van der Waals surface area contributed by atoms with Gasteiger partial charge in [-0.3, -0.25) is 4.79 Å². The van der Waals surface area contributed by atoms with E-state index in [1.807, 2.05) is 49.0 Å². The molecule has 0 aliphatic carbocycles. The predicted octanol–water partition coefficient (Wildman–Crippen LogP) is 3.80. The number of nitrogens with zero attached hydrogens (tertiary/aromatic N) is 2. The first-order valence-electron chi connectivity index (χ1n) is 9.11. The number of H-pyrrole nitrogens is 1. The molecule has 2 heterocycles. The number of aryl methyl sites for hydroxylation is 2. The van der Waals surface area contributed by atoms with Gasteiger partial charge < -0.3 is 14.9 Å². The zero-order valence-corrected chi connectivity index (χ0v) is 15.7. The molecule has 4 rings (SSSR count). The van der Waals surface area contributed by atoms with Gasteiger partial charge in [0.15, 0.2) is 0 Å². The van der Waals surface area contributed by atoms with E-state index in [9.17, 15) is 9.18 Å². The van der Waals surface area contributed by atoms with E-state index in [0.717, 1.165) is 27.7 Å². The van der Waals surface area contributed by atoms with Gasteiger partial charge in [-0.25, -0.2) is 9.37 Å². The van der Waals surface area contributed by atoms with E-state index >= 15 is 0 Å². The summed E-state index contributed by atoms with van der Waals surface area (Å²) in [5.41, 5.74) is 3.75. The number of carbonyl (C=O) groups excluding carboxylic acids is 1. The van der Waals surface area contributed by atoms with Crippen molar-refractivity contribution in [2.45, 2.75) is 19.4 Å². The van der Waals surface area contributed by atoms with Gasteiger partial charge >= 0.3 is 0 Å². The number of imidazole rings is 1. The van der Waals surface area contributed by atoms with Gasteiger partial charge in [-0.05, 0) is 36.2 Å². The number of amides is 1. The lowest BCUT2D eigenvalue weighted by molar-refractivity contribution is -0.121. The summed E-state index contributed by atoms with van der Waals surface area (Å²) >= 11 is 0. The maximum Gasteiger partial charge on any atom is 0.225 e. The number of carbonyl (C=O) groups is 1. The van der Waals surface area contributed by atoms with Crippen molar-refractivity contribution in [3.8, 4) is 0 Å². The van der Waals surface area contributed by atoms with E-state index in [1.165, 1.54) is 12.1 Å². The number of rotatable bonds is 5. The number of hydrogen-bond donors (Lipinski definition) is 2. The van der Waals surface area contributed by atoms with Crippen LogP contribution >= 0.6 is 0 Å². The van der Waals surface area contributed by atoms with Crippen LogP contribution in [0.4, 0.5) is 4.39 Å². The van der Waals surface area contributed by atoms with Crippen LogP contribution in [0.2, 0.25) is 0 Å². The first kappa shape index (κ1) is 18.0. The third-order valence-corrected chi connectivity index (χ3v) is 4.99. The van der Waals surface area contributed by atoms with Crippen LogP contribution in [0.25, 0.3) is 10.9 Å². The van der Waals surface area contributed by atoms with Crippen LogP contribution in [0.3, 0.4) is 0 Å². The van der Waals surface area contributed by atoms with Crippen LogP contribution in [0.15, 0.2) is 60.9 Å². The molecule has 0 fully saturated rings. The Hall–Kier alpha value is -3.41. The number of aromatic amines is 1. The van der Waals surface area contributed by atoms with Crippen LogP contribution in [0.5, 0.6) is 0 Å².